The number of hydrogen-bond donors (Lipinski definition) is 1. The van der Waals surface area contributed by atoms with Crippen LogP contribution in [-0.2, 0) is 9.53 Å². The fourth-order valence-corrected chi connectivity index (χ4v) is 3.25. The fourth-order valence-electron chi connectivity index (χ4n) is 2.89. The molecular weight excluding hydrogens is 308 g/mol. The maximum Gasteiger partial charge on any atom is 0.232 e. The highest BCUT2D eigenvalue weighted by Gasteiger charge is 2.40. The molecular formula is C14H17BrN2O2. The molecule has 1 fully saturated rings. The van der Waals surface area contributed by atoms with E-state index in [0.29, 0.717) is 13.2 Å². The molecule has 1 saturated heterocycles. The van der Waals surface area contributed by atoms with E-state index in [1.807, 2.05) is 12.1 Å². The molecule has 0 radical (unpaired) electrons. The van der Waals surface area contributed by atoms with Gasteiger partial charge in [-0.05, 0) is 24.6 Å². The Balaban J connectivity index is 2.07. The van der Waals surface area contributed by atoms with E-state index in [1.165, 1.54) is 0 Å². The lowest BCUT2D eigenvalue weighted by atomic mass is 10.0. The summed E-state index contributed by atoms with van der Waals surface area (Å²) in [6, 6.07) is 6.21. The van der Waals surface area contributed by atoms with Gasteiger partial charge in [0.25, 0.3) is 0 Å². The van der Waals surface area contributed by atoms with Crippen LogP contribution in [0.3, 0.4) is 0 Å². The number of ether oxygens (including phenoxy) is 1. The molecule has 5 heteroatoms. The summed E-state index contributed by atoms with van der Waals surface area (Å²) in [5.41, 5.74) is 1.98. The Bertz CT molecular complexity index is 506. The first-order chi connectivity index (χ1) is 9.20. The molecule has 4 nitrogen and oxygen atoms in total. The zero-order chi connectivity index (χ0) is 13.4. The minimum atomic E-state index is -0.0716. The Kier molecular flexibility index (Phi) is 3.50. The zero-order valence-corrected chi connectivity index (χ0v) is 12.4. The molecule has 3 rings (SSSR count). The first-order valence-corrected chi connectivity index (χ1v) is 7.45. The molecule has 19 heavy (non-hydrogen) atoms. The van der Waals surface area contributed by atoms with Crippen LogP contribution in [0.4, 0.5) is 11.4 Å². The monoisotopic (exact) mass is 324 g/mol. The van der Waals surface area contributed by atoms with Crippen molar-refractivity contribution in [3.63, 3.8) is 0 Å². The molecule has 1 aromatic rings. The molecule has 2 aliphatic rings. The van der Waals surface area contributed by atoms with Crippen molar-refractivity contribution < 1.29 is 9.53 Å². The van der Waals surface area contributed by atoms with E-state index in [9.17, 15) is 4.79 Å². The van der Waals surface area contributed by atoms with Gasteiger partial charge < -0.3 is 15.0 Å². The highest BCUT2D eigenvalue weighted by atomic mass is 79.9. The van der Waals surface area contributed by atoms with Crippen LogP contribution in [0.15, 0.2) is 22.7 Å². The molecule has 0 aromatic heterocycles. The maximum absolute atomic E-state index is 12.3. The number of hydrogen-bond acceptors (Lipinski definition) is 3. The number of benzene rings is 1. The van der Waals surface area contributed by atoms with Crippen LogP contribution in [0.25, 0.3) is 0 Å². The van der Waals surface area contributed by atoms with Crippen molar-refractivity contribution in [1.29, 1.82) is 0 Å². The molecule has 1 N–H and O–H groups in total. The van der Waals surface area contributed by atoms with E-state index >= 15 is 0 Å². The molecule has 1 amide bonds. The lowest BCUT2D eigenvalue weighted by Gasteiger charge is -2.31. The summed E-state index contributed by atoms with van der Waals surface area (Å²) in [6.45, 7) is 4.25. The van der Waals surface area contributed by atoms with Gasteiger partial charge in [-0.25, -0.2) is 0 Å². The third-order valence-electron chi connectivity index (χ3n) is 3.78. The molecule has 2 aliphatic heterocycles. The Hall–Kier alpha value is -1.07. The van der Waals surface area contributed by atoms with Gasteiger partial charge >= 0.3 is 0 Å². The smallest absolute Gasteiger partial charge is 0.232 e. The van der Waals surface area contributed by atoms with E-state index < -0.39 is 0 Å². The third-order valence-corrected chi connectivity index (χ3v) is 4.27. The number of anilines is 2. The number of rotatable bonds is 2. The van der Waals surface area contributed by atoms with Crippen molar-refractivity contribution in [2.75, 3.05) is 30.0 Å². The topological polar surface area (TPSA) is 41.6 Å². The molecule has 1 aromatic carbocycles. The van der Waals surface area contributed by atoms with Crippen LogP contribution >= 0.6 is 15.9 Å². The second-order valence-electron chi connectivity index (χ2n) is 5.06. The van der Waals surface area contributed by atoms with Crippen LogP contribution in [0, 0.1) is 5.92 Å². The molecule has 2 unspecified atom stereocenters. The molecule has 0 saturated carbocycles. The SMILES string of the molecule is CCCN1c2ccc(Br)cc2NC(=O)C2COCC21. The summed E-state index contributed by atoms with van der Waals surface area (Å²) >= 11 is 3.46. The first kappa shape index (κ1) is 12.9. The van der Waals surface area contributed by atoms with E-state index in [2.05, 4.69) is 39.1 Å². The Morgan fingerprint density at radius 3 is 3.11 bits per heavy atom. The van der Waals surface area contributed by atoms with Gasteiger partial charge in [-0.3, -0.25) is 4.79 Å². The second-order valence-corrected chi connectivity index (χ2v) is 5.97. The summed E-state index contributed by atoms with van der Waals surface area (Å²) < 4.78 is 6.50. The number of nitrogens with one attached hydrogen (secondary N) is 1. The van der Waals surface area contributed by atoms with E-state index in [-0.39, 0.29) is 17.9 Å². The van der Waals surface area contributed by atoms with Gasteiger partial charge in [-0.1, -0.05) is 22.9 Å². The van der Waals surface area contributed by atoms with Gasteiger partial charge in [-0.2, -0.15) is 0 Å². The first-order valence-electron chi connectivity index (χ1n) is 6.65. The lowest BCUT2D eigenvalue weighted by molar-refractivity contribution is -0.120. The average Bonchev–Trinajstić information content (AvgIpc) is 2.82. The summed E-state index contributed by atoms with van der Waals surface area (Å²) in [5.74, 6) is -0.00169. The molecule has 0 aliphatic carbocycles. The predicted octanol–water partition coefficient (Wildman–Crippen LogP) is 2.63. The largest absolute Gasteiger partial charge is 0.378 e. The normalized spacial score (nSPS) is 25.6. The third kappa shape index (κ3) is 2.25. The minimum Gasteiger partial charge on any atom is -0.378 e. The minimum absolute atomic E-state index is 0.0699. The van der Waals surface area contributed by atoms with E-state index in [1.54, 1.807) is 0 Å². The van der Waals surface area contributed by atoms with Gasteiger partial charge in [0.2, 0.25) is 5.91 Å². The zero-order valence-electron chi connectivity index (χ0n) is 10.9. The van der Waals surface area contributed by atoms with Crippen LogP contribution < -0.4 is 10.2 Å². The van der Waals surface area contributed by atoms with E-state index in [4.69, 9.17) is 4.74 Å². The van der Waals surface area contributed by atoms with Crippen LogP contribution in [0.1, 0.15) is 13.3 Å². The molecule has 102 valence electrons. The Morgan fingerprint density at radius 2 is 2.32 bits per heavy atom. The van der Waals surface area contributed by atoms with E-state index in [0.717, 1.165) is 28.8 Å². The molecule has 2 heterocycles. The van der Waals surface area contributed by atoms with Crippen LogP contribution in [0.2, 0.25) is 0 Å². The molecule has 0 spiro atoms. The van der Waals surface area contributed by atoms with Gasteiger partial charge in [0.1, 0.15) is 0 Å². The van der Waals surface area contributed by atoms with Crippen molar-refractivity contribution in [3.8, 4) is 0 Å². The number of nitrogens with zero attached hydrogens (tertiary/aromatic N) is 1. The number of halogens is 1. The average molecular weight is 325 g/mol. The highest BCUT2D eigenvalue weighted by molar-refractivity contribution is 9.10. The summed E-state index contributed by atoms with van der Waals surface area (Å²) in [4.78, 5) is 14.6. The Labute approximate surface area is 121 Å². The van der Waals surface area contributed by atoms with Crippen molar-refractivity contribution in [2.24, 2.45) is 5.92 Å². The van der Waals surface area contributed by atoms with Crippen LogP contribution in [-0.4, -0.2) is 31.7 Å². The quantitative estimate of drug-likeness (QED) is 0.909. The summed E-state index contributed by atoms with van der Waals surface area (Å²) in [6.07, 6.45) is 1.05. The van der Waals surface area contributed by atoms with Gasteiger partial charge in [0.15, 0.2) is 0 Å². The lowest BCUT2D eigenvalue weighted by Crippen LogP contribution is -2.42. The second kappa shape index (κ2) is 5.13. The summed E-state index contributed by atoms with van der Waals surface area (Å²) in [7, 11) is 0. The molecule has 0 bridgehead atoms. The standard InChI is InChI=1S/C14H17BrN2O2/c1-2-5-17-12-4-3-9(15)6-11(12)16-14(18)10-7-19-8-13(10)17/h3-4,6,10,13H,2,5,7-8H2,1H3,(H,16,18). The fraction of sp³-hybridized carbons (Fsp3) is 0.500. The molecule has 2 atom stereocenters. The number of carbonyl (C=O) groups is 1. The number of carbonyl (C=O) groups excluding carboxylic acids is 1. The van der Waals surface area contributed by atoms with Gasteiger partial charge in [0, 0.05) is 11.0 Å². The van der Waals surface area contributed by atoms with Crippen LogP contribution in [0.5, 0.6) is 0 Å². The van der Waals surface area contributed by atoms with Crippen molar-refractivity contribution >= 4 is 33.2 Å². The highest BCUT2D eigenvalue weighted by Crippen LogP contribution is 2.37. The Morgan fingerprint density at radius 1 is 1.47 bits per heavy atom. The summed E-state index contributed by atoms with van der Waals surface area (Å²) in [5, 5.41) is 3.03. The maximum atomic E-state index is 12.3. The van der Waals surface area contributed by atoms with Crippen molar-refractivity contribution in [1.82, 2.24) is 0 Å². The number of amides is 1. The predicted molar refractivity (Wildman–Crippen MR) is 78.5 cm³/mol. The van der Waals surface area contributed by atoms with Crippen molar-refractivity contribution in [3.05, 3.63) is 22.7 Å². The van der Waals surface area contributed by atoms with Gasteiger partial charge in [0.05, 0.1) is 36.5 Å². The number of fused-ring (bicyclic) bond motifs is 2. The van der Waals surface area contributed by atoms with Gasteiger partial charge in [-0.15, -0.1) is 0 Å². The van der Waals surface area contributed by atoms with Crippen molar-refractivity contribution in [2.45, 2.75) is 19.4 Å².